The molecular weight excluding hydrogens is 472 g/mol. The molecular formula is C26H27ClN2O4S. The minimum Gasteiger partial charge on any atom is -0.466 e. The van der Waals surface area contributed by atoms with Gasteiger partial charge in [-0.15, -0.1) is 0 Å². The Balaban J connectivity index is 1.49. The molecule has 1 aliphatic heterocycles. The third-order valence-electron chi connectivity index (χ3n) is 6.89. The van der Waals surface area contributed by atoms with Crippen molar-refractivity contribution in [2.24, 2.45) is 5.92 Å². The number of benzene rings is 3. The smallest absolute Gasteiger partial charge is 0.309 e. The first kappa shape index (κ1) is 23.3. The number of halogens is 1. The zero-order valence-electron chi connectivity index (χ0n) is 18.9. The van der Waals surface area contributed by atoms with Crippen LogP contribution in [0.15, 0.2) is 65.6 Å². The molecule has 1 fully saturated rings. The van der Waals surface area contributed by atoms with Gasteiger partial charge in [-0.25, -0.2) is 13.1 Å². The predicted octanol–water partition coefficient (Wildman–Crippen LogP) is 4.84. The van der Waals surface area contributed by atoms with Crippen molar-refractivity contribution in [3.8, 4) is 0 Å². The molecule has 8 heteroatoms. The van der Waals surface area contributed by atoms with Gasteiger partial charge in [-0.05, 0) is 79.0 Å². The fourth-order valence-corrected chi connectivity index (χ4v) is 6.66. The van der Waals surface area contributed by atoms with Crippen molar-refractivity contribution in [3.63, 3.8) is 0 Å². The van der Waals surface area contributed by atoms with Crippen LogP contribution < -0.4 is 4.72 Å². The van der Waals surface area contributed by atoms with E-state index in [1.807, 2.05) is 25.1 Å². The van der Waals surface area contributed by atoms with Crippen molar-refractivity contribution in [2.75, 3.05) is 19.7 Å². The van der Waals surface area contributed by atoms with E-state index in [-0.39, 0.29) is 22.8 Å². The molecule has 1 N–H and O–H groups in total. The normalized spacial score (nSPS) is 21.1. The molecule has 2 aliphatic rings. The molecule has 178 valence electrons. The first-order valence-corrected chi connectivity index (χ1v) is 13.5. The molecule has 1 heterocycles. The van der Waals surface area contributed by atoms with Crippen LogP contribution in [-0.2, 0) is 19.6 Å². The Morgan fingerprint density at radius 3 is 2.32 bits per heavy atom. The quantitative estimate of drug-likeness (QED) is 0.492. The second kappa shape index (κ2) is 9.30. The van der Waals surface area contributed by atoms with Gasteiger partial charge in [0, 0.05) is 5.02 Å². The second-order valence-electron chi connectivity index (χ2n) is 8.85. The zero-order chi connectivity index (χ0) is 23.9. The van der Waals surface area contributed by atoms with E-state index < -0.39 is 16.1 Å². The molecule has 1 saturated heterocycles. The third kappa shape index (κ3) is 4.22. The van der Waals surface area contributed by atoms with Crippen LogP contribution in [0.25, 0.3) is 10.8 Å². The van der Waals surface area contributed by atoms with Gasteiger partial charge in [-0.3, -0.25) is 9.69 Å². The lowest BCUT2D eigenvalue weighted by Gasteiger charge is -2.38. The van der Waals surface area contributed by atoms with Crippen molar-refractivity contribution in [2.45, 2.75) is 36.7 Å². The van der Waals surface area contributed by atoms with Crippen LogP contribution in [0, 0.1) is 5.92 Å². The number of nitrogens with zero attached hydrogens (tertiary/aromatic N) is 1. The van der Waals surface area contributed by atoms with E-state index in [0.29, 0.717) is 37.6 Å². The van der Waals surface area contributed by atoms with Crippen LogP contribution in [0.5, 0.6) is 0 Å². The number of likely N-dealkylation sites (tertiary alicyclic amines) is 1. The maximum absolute atomic E-state index is 13.4. The summed E-state index contributed by atoms with van der Waals surface area (Å²) in [5.74, 6) is -0.251. The first-order valence-electron chi connectivity index (χ1n) is 11.6. The van der Waals surface area contributed by atoms with Crippen LogP contribution in [0.3, 0.4) is 0 Å². The number of carbonyl (C=O) groups excluding carboxylic acids is 1. The summed E-state index contributed by atoms with van der Waals surface area (Å²) in [7, 11) is -3.79. The highest BCUT2D eigenvalue weighted by Crippen LogP contribution is 2.48. The van der Waals surface area contributed by atoms with Gasteiger partial charge in [0.25, 0.3) is 0 Å². The van der Waals surface area contributed by atoms with Crippen LogP contribution >= 0.6 is 11.6 Å². The van der Waals surface area contributed by atoms with E-state index >= 15 is 0 Å². The molecule has 34 heavy (non-hydrogen) atoms. The number of hydrogen-bond donors (Lipinski definition) is 1. The van der Waals surface area contributed by atoms with Crippen LogP contribution in [0.2, 0.25) is 5.02 Å². The Labute approximate surface area is 204 Å². The highest BCUT2D eigenvalue weighted by Gasteiger charge is 2.42. The first-order chi connectivity index (χ1) is 16.4. The summed E-state index contributed by atoms with van der Waals surface area (Å²) >= 11 is 5.97. The molecule has 0 aromatic heterocycles. The van der Waals surface area contributed by atoms with Gasteiger partial charge >= 0.3 is 5.97 Å². The number of carbonyl (C=O) groups is 1. The van der Waals surface area contributed by atoms with E-state index in [1.165, 1.54) is 12.1 Å². The SMILES string of the molecule is CCOC(=O)C1CCN(C2c3cccc4cccc(c34)C2NS(=O)(=O)c2ccc(Cl)cc2)CC1. The van der Waals surface area contributed by atoms with Gasteiger partial charge < -0.3 is 4.74 Å². The van der Waals surface area contributed by atoms with Gasteiger partial charge in [0.15, 0.2) is 0 Å². The summed E-state index contributed by atoms with van der Waals surface area (Å²) in [6.07, 6.45) is 1.39. The number of ether oxygens (including phenoxy) is 1. The molecule has 5 rings (SSSR count). The third-order valence-corrected chi connectivity index (χ3v) is 8.60. The number of esters is 1. The van der Waals surface area contributed by atoms with Gasteiger partial charge in [0.05, 0.1) is 29.5 Å². The van der Waals surface area contributed by atoms with Crippen molar-refractivity contribution >= 4 is 38.4 Å². The predicted molar refractivity (Wildman–Crippen MR) is 132 cm³/mol. The Morgan fingerprint density at radius 1 is 1.03 bits per heavy atom. The van der Waals surface area contributed by atoms with E-state index in [0.717, 1.165) is 21.9 Å². The molecule has 0 spiro atoms. The van der Waals surface area contributed by atoms with Gasteiger partial charge in [-0.2, -0.15) is 0 Å². The lowest BCUT2D eigenvalue weighted by Crippen LogP contribution is -2.43. The highest BCUT2D eigenvalue weighted by atomic mass is 35.5. The van der Waals surface area contributed by atoms with Crippen LogP contribution in [0.1, 0.15) is 43.0 Å². The number of hydrogen-bond acceptors (Lipinski definition) is 5. The molecule has 3 aromatic carbocycles. The average Bonchev–Trinajstić information content (AvgIpc) is 3.14. The summed E-state index contributed by atoms with van der Waals surface area (Å²) in [4.78, 5) is 14.7. The molecule has 1 aliphatic carbocycles. The molecule has 3 aromatic rings. The summed E-state index contributed by atoms with van der Waals surface area (Å²) in [6, 6.07) is 17.8. The highest BCUT2D eigenvalue weighted by molar-refractivity contribution is 7.89. The summed E-state index contributed by atoms with van der Waals surface area (Å²) in [5.41, 5.74) is 2.09. The Morgan fingerprint density at radius 2 is 1.68 bits per heavy atom. The summed E-state index contributed by atoms with van der Waals surface area (Å²) in [6.45, 7) is 3.59. The zero-order valence-corrected chi connectivity index (χ0v) is 20.5. The minimum atomic E-state index is -3.79. The summed E-state index contributed by atoms with van der Waals surface area (Å²) in [5, 5.41) is 2.68. The lowest BCUT2D eigenvalue weighted by atomic mass is 9.93. The molecule has 0 amide bonds. The molecule has 0 bridgehead atoms. The van der Waals surface area contributed by atoms with Crippen molar-refractivity contribution < 1.29 is 17.9 Å². The van der Waals surface area contributed by atoms with Gasteiger partial charge in [0.2, 0.25) is 10.0 Å². The van der Waals surface area contributed by atoms with Crippen molar-refractivity contribution in [1.29, 1.82) is 0 Å². The molecule has 0 saturated carbocycles. The maximum atomic E-state index is 13.4. The fourth-order valence-electron chi connectivity index (χ4n) is 5.31. The maximum Gasteiger partial charge on any atom is 0.309 e. The topological polar surface area (TPSA) is 75.7 Å². The van der Waals surface area contributed by atoms with E-state index in [1.54, 1.807) is 12.1 Å². The number of nitrogens with one attached hydrogen (secondary N) is 1. The van der Waals surface area contributed by atoms with Crippen LogP contribution in [0.4, 0.5) is 0 Å². The molecule has 2 unspecified atom stereocenters. The summed E-state index contributed by atoms with van der Waals surface area (Å²) < 4.78 is 35.0. The van der Waals surface area contributed by atoms with E-state index in [2.05, 4.69) is 27.8 Å². The number of piperidine rings is 1. The largest absolute Gasteiger partial charge is 0.466 e. The molecule has 0 radical (unpaired) electrons. The molecule has 2 atom stereocenters. The number of sulfonamides is 1. The van der Waals surface area contributed by atoms with Gasteiger partial charge in [-0.1, -0.05) is 48.0 Å². The Bertz CT molecular complexity index is 1310. The standard InChI is InChI=1S/C26H27ClN2O4S/c1-2-33-26(30)18-13-15-29(16-14-18)25-22-8-4-6-17-5-3-7-21(23(17)22)24(25)28-34(31,32)20-11-9-19(27)10-12-20/h3-12,18,24-25,28H,2,13-16H2,1H3. The van der Waals surface area contributed by atoms with Crippen molar-refractivity contribution in [1.82, 2.24) is 9.62 Å². The van der Waals surface area contributed by atoms with Crippen molar-refractivity contribution in [3.05, 3.63) is 76.8 Å². The molecule has 6 nitrogen and oxygen atoms in total. The minimum absolute atomic E-state index is 0.111. The monoisotopic (exact) mass is 498 g/mol. The number of rotatable bonds is 6. The lowest BCUT2D eigenvalue weighted by molar-refractivity contribution is -0.149. The van der Waals surface area contributed by atoms with Gasteiger partial charge in [0.1, 0.15) is 0 Å². The Hall–Kier alpha value is -2.45. The van der Waals surface area contributed by atoms with E-state index in [9.17, 15) is 13.2 Å². The Kier molecular flexibility index (Phi) is 6.37. The van der Waals surface area contributed by atoms with E-state index in [4.69, 9.17) is 16.3 Å². The second-order valence-corrected chi connectivity index (χ2v) is 11.0. The fraction of sp³-hybridized carbons (Fsp3) is 0.346. The van der Waals surface area contributed by atoms with Crippen LogP contribution in [-0.4, -0.2) is 39.0 Å². The average molecular weight is 499 g/mol.